The molecular formula is C66H38N2O4. The summed E-state index contributed by atoms with van der Waals surface area (Å²) in [5.41, 5.74) is 13.0. The van der Waals surface area contributed by atoms with E-state index in [0.29, 0.717) is 0 Å². The smallest absolute Gasteiger partial charge is 0.143 e. The Labute approximate surface area is 410 Å². The van der Waals surface area contributed by atoms with Crippen molar-refractivity contribution >= 4 is 154 Å². The van der Waals surface area contributed by atoms with Gasteiger partial charge in [0.1, 0.15) is 44.7 Å². The van der Waals surface area contributed by atoms with E-state index < -0.39 is 0 Å². The molecule has 0 amide bonds. The van der Waals surface area contributed by atoms with Crippen molar-refractivity contribution in [1.82, 2.24) is 0 Å². The second kappa shape index (κ2) is 14.9. The van der Waals surface area contributed by atoms with E-state index in [4.69, 9.17) is 17.7 Å². The topological polar surface area (TPSA) is 59.0 Å². The Kier molecular flexibility index (Phi) is 8.07. The van der Waals surface area contributed by atoms with Crippen molar-refractivity contribution in [2.75, 3.05) is 9.80 Å². The van der Waals surface area contributed by atoms with Gasteiger partial charge in [-0.15, -0.1) is 0 Å². The van der Waals surface area contributed by atoms with Crippen molar-refractivity contribution in [1.29, 1.82) is 0 Å². The number of furan rings is 4. The maximum absolute atomic E-state index is 6.77. The van der Waals surface area contributed by atoms with Crippen LogP contribution in [0.4, 0.5) is 34.1 Å². The van der Waals surface area contributed by atoms with Gasteiger partial charge in [-0.3, -0.25) is 0 Å². The van der Waals surface area contributed by atoms with Crippen molar-refractivity contribution in [3.05, 3.63) is 231 Å². The summed E-state index contributed by atoms with van der Waals surface area (Å²) in [5.74, 6) is 0. The minimum atomic E-state index is 0.818. The first kappa shape index (κ1) is 39.1. The molecule has 0 unspecified atom stereocenters. The summed E-state index contributed by atoms with van der Waals surface area (Å²) < 4.78 is 26.6. The standard InChI is InChI=1S/C66H38N2O4/c1-3-13-43(14-4-1)67(45-23-29-59-57(35-45)53-25-19-39-11-7-9-17-49(39)65(53)71-59)47-21-27-51-55-31-41-34-62-56(32-42(41)33-61(55)69-63(51)37-47)52-28-22-48(38-64(52)70-62)68(44-15-5-2-6-16-44)46-24-30-60-58(36-46)54-26-20-40-12-8-10-18-50(40)66(54)72-60/h1-38H. The zero-order valence-corrected chi connectivity index (χ0v) is 38.5. The molecule has 16 rings (SSSR count). The van der Waals surface area contributed by atoms with Crippen LogP contribution in [0.5, 0.6) is 0 Å². The SMILES string of the molecule is c1ccc(N(c2ccc3c(c2)oc2cc4cc5c(cc4cc23)oc2cc(N(c3ccccc3)c3ccc4oc6c7ccccc7ccc6c4c3)ccc25)c2ccc3oc4c5ccccc5ccc4c3c2)cc1. The van der Waals surface area contributed by atoms with Crippen LogP contribution >= 0.6 is 0 Å². The molecule has 0 aliphatic rings. The van der Waals surface area contributed by atoms with Gasteiger partial charge in [0, 0.05) is 100 Å². The van der Waals surface area contributed by atoms with Crippen molar-refractivity contribution in [2.24, 2.45) is 0 Å². The van der Waals surface area contributed by atoms with Gasteiger partial charge in [0.15, 0.2) is 0 Å². The Hall–Kier alpha value is -9.78. The minimum Gasteiger partial charge on any atom is -0.456 e. The van der Waals surface area contributed by atoms with Crippen LogP contribution in [0.3, 0.4) is 0 Å². The Balaban J connectivity index is 0.785. The van der Waals surface area contributed by atoms with E-state index in [-0.39, 0.29) is 0 Å². The lowest BCUT2D eigenvalue weighted by Crippen LogP contribution is -2.09. The van der Waals surface area contributed by atoms with Crippen LogP contribution < -0.4 is 9.80 Å². The molecule has 0 spiro atoms. The number of nitrogens with zero attached hydrogens (tertiary/aromatic N) is 2. The Morgan fingerprint density at radius 1 is 0.194 bits per heavy atom. The fraction of sp³-hybridized carbons (Fsp3) is 0. The summed E-state index contributed by atoms with van der Waals surface area (Å²) in [6.45, 7) is 0. The second-order valence-corrected chi connectivity index (χ2v) is 18.8. The Morgan fingerprint density at radius 3 is 1.04 bits per heavy atom. The molecule has 0 saturated heterocycles. The maximum atomic E-state index is 6.77. The average Bonchev–Trinajstić information content (AvgIpc) is 4.20. The van der Waals surface area contributed by atoms with Crippen molar-refractivity contribution in [3.8, 4) is 0 Å². The van der Waals surface area contributed by atoms with E-state index in [1.54, 1.807) is 0 Å². The Morgan fingerprint density at radius 2 is 0.569 bits per heavy atom. The van der Waals surface area contributed by atoms with Crippen molar-refractivity contribution < 1.29 is 17.7 Å². The lowest BCUT2D eigenvalue weighted by molar-refractivity contribution is 0.668. The molecule has 0 aliphatic carbocycles. The molecule has 0 atom stereocenters. The highest BCUT2D eigenvalue weighted by Crippen LogP contribution is 2.45. The molecular weight excluding hydrogens is 885 g/mol. The molecule has 0 fully saturated rings. The molecule has 12 aromatic carbocycles. The van der Waals surface area contributed by atoms with Crippen LogP contribution in [0, 0.1) is 0 Å². The summed E-state index contributed by atoms with van der Waals surface area (Å²) in [7, 11) is 0. The fourth-order valence-corrected chi connectivity index (χ4v) is 11.4. The molecule has 6 heteroatoms. The largest absolute Gasteiger partial charge is 0.456 e. The summed E-state index contributed by atoms with van der Waals surface area (Å²) in [6, 6.07) is 81.3. The number of rotatable bonds is 6. The predicted octanol–water partition coefficient (Wildman–Crippen LogP) is 19.7. The number of hydrogen-bond donors (Lipinski definition) is 0. The van der Waals surface area contributed by atoms with E-state index in [2.05, 4.69) is 240 Å². The molecule has 16 aromatic rings. The van der Waals surface area contributed by atoms with Gasteiger partial charge >= 0.3 is 0 Å². The number of benzene rings is 12. The van der Waals surface area contributed by atoms with Crippen LogP contribution in [0.25, 0.3) is 120 Å². The fourth-order valence-electron chi connectivity index (χ4n) is 11.4. The molecule has 0 N–H and O–H groups in total. The third-order valence-electron chi connectivity index (χ3n) is 14.7. The van der Waals surface area contributed by atoms with Gasteiger partial charge < -0.3 is 27.5 Å². The first-order valence-electron chi connectivity index (χ1n) is 24.3. The van der Waals surface area contributed by atoms with E-state index in [0.717, 1.165) is 154 Å². The highest BCUT2D eigenvalue weighted by atomic mass is 16.3. The van der Waals surface area contributed by atoms with Gasteiger partial charge in [-0.2, -0.15) is 0 Å². The molecule has 336 valence electrons. The van der Waals surface area contributed by atoms with Gasteiger partial charge in [-0.05, 0) is 143 Å². The third kappa shape index (κ3) is 5.84. The number of fused-ring (bicyclic) bond motifs is 17. The van der Waals surface area contributed by atoms with Gasteiger partial charge in [0.2, 0.25) is 0 Å². The van der Waals surface area contributed by atoms with Crippen LogP contribution in [-0.4, -0.2) is 0 Å². The number of hydrogen-bond acceptors (Lipinski definition) is 6. The summed E-state index contributed by atoms with van der Waals surface area (Å²) in [6.07, 6.45) is 0. The van der Waals surface area contributed by atoms with E-state index >= 15 is 0 Å². The van der Waals surface area contributed by atoms with Crippen LogP contribution in [0.15, 0.2) is 248 Å². The monoisotopic (exact) mass is 922 g/mol. The molecule has 0 radical (unpaired) electrons. The lowest BCUT2D eigenvalue weighted by Gasteiger charge is -2.25. The molecule has 4 heterocycles. The minimum absolute atomic E-state index is 0.818. The van der Waals surface area contributed by atoms with Crippen LogP contribution in [0.2, 0.25) is 0 Å². The normalized spacial score (nSPS) is 12.2. The van der Waals surface area contributed by atoms with Gasteiger partial charge in [0.25, 0.3) is 0 Å². The molecule has 4 aromatic heterocycles. The van der Waals surface area contributed by atoms with E-state index in [1.165, 1.54) is 0 Å². The van der Waals surface area contributed by atoms with Crippen LogP contribution in [-0.2, 0) is 0 Å². The summed E-state index contributed by atoms with van der Waals surface area (Å²) in [5, 5.41) is 15.3. The molecule has 6 nitrogen and oxygen atoms in total. The first-order chi connectivity index (χ1) is 35.6. The molecule has 0 bridgehead atoms. The predicted molar refractivity (Wildman–Crippen MR) is 297 cm³/mol. The van der Waals surface area contributed by atoms with Crippen LogP contribution in [0.1, 0.15) is 0 Å². The number of anilines is 6. The zero-order valence-electron chi connectivity index (χ0n) is 38.5. The highest BCUT2D eigenvalue weighted by Gasteiger charge is 2.21. The second-order valence-electron chi connectivity index (χ2n) is 18.8. The Bertz CT molecular complexity index is 4580. The average molecular weight is 923 g/mol. The lowest BCUT2D eigenvalue weighted by atomic mass is 10.0. The van der Waals surface area contributed by atoms with Crippen molar-refractivity contribution in [3.63, 3.8) is 0 Å². The third-order valence-corrected chi connectivity index (χ3v) is 14.7. The van der Waals surface area contributed by atoms with Gasteiger partial charge in [-0.1, -0.05) is 97.1 Å². The van der Waals surface area contributed by atoms with Gasteiger partial charge in [-0.25, -0.2) is 0 Å². The summed E-state index contributed by atoms with van der Waals surface area (Å²) in [4.78, 5) is 4.57. The van der Waals surface area contributed by atoms with Crippen molar-refractivity contribution in [2.45, 2.75) is 0 Å². The zero-order chi connectivity index (χ0) is 47.0. The summed E-state index contributed by atoms with van der Waals surface area (Å²) >= 11 is 0. The first-order valence-corrected chi connectivity index (χ1v) is 24.3. The maximum Gasteiger partial charge on any atom is 0.143 e. The molecule has 0 aliphatic heterocycles. The van der Waals surface area contributed by atoms with E-state index in [1.807, 2.05) is 0 Å². The van der Waals surface area contributed by atoms with Gasteiger partial charge in [0.05, 0.1) is 0 Å². The quantitative estimate of drug-likeness (QED) is 0.166. The molecule has 0 saturated carbocycles. The molecule has 72 heavy (non-hydrogen) atoms. The highest BCUT2D eigenvalue weighted by molar-refractivity contribution is 6.19. The van der Waals surface area contributed by atoms with E-state index in [9.17, 15) is 0 Å². The number of para-hydroxylation sites is 2.